The van der Waals surface area contributed by atoms with Crippen molar-refractivity contribution in [2.24, 2.45) is 5.41 Å². The van der Waals surface area contributed by atoms with Crippen LogP contribution in [0.5, 0.6) is 0 Å². The van der Waals surface area contributed by atoms with Gasteiger partial charge in [0.05, 0.1) is 6.04 Å². The van der Waals surface area contributed by atoms with Crippen molar-refractivity contribution in [1.29, 1.82) is 0 Å². The molecule has 0 saturated carbocycles. The molecule has 2 fully saturated rings. The monoisotopic (exact) mass is 354 g/mol. The number of carbonyl (C=O) groups is 1. The second kappa shape index (κ2) is 9.93. The molecule has 2 N–H and O–H groups in total. The summed E-state index contributed by atoms with van der Waals surface area (Å²) in [5.41, 5.74) is 0.0656. The Morgan fingerprint density at radius 2 is 1.86 bits per heavy atom. The number of piperazine rings is 1. The Balaban J connectivity index is 0.00000220. The van der Waals surface area contributed by atoms with Gasteiger partial charge in [-0.2, -0.15) is 0 Å². The molecule has 0 radical (unpaired) electrons. The summed E-state index contributed by atoms with van der Waals surface area (Å²) in [7, 11) is 2.16. The predicted molar refractivity (Wildman–Crippen MR) is 96.2 cm³/mol. The minimum absolute atomic E-state index is 0. The number of nitrogens with one attached hydrogen (secondary N) is 2. The van der Waals surface area contributed by atoms with Crippen LogP contribution in [0, 0.1) is 5.41 Å². The van der Waals surface area contributed by atoms with Crippen LogP contribution in [0.15, 0.2) is 0 Å². The van der Waals surface area contributed by atoms with Gasteiger partial charge in [0, 0.05) is 39.3 Å². The van der Waals surface area contributed by atoms with E-state index in [1.807, 2.05) is 0 Å². The molecular weight excluding hydrogens is 323 g/mol. The summed E-state index contributed by atoms with van der Waals surface area (Å²) >= 11 is 0. The Kier molecular flexibility index (Phi) is 9.90. The fraction of sp³-hybridized carbons (Fsp3) is 0.933. The van der Waals surface area contributed by atoms with Crippen LogP contribution >= 0.6 is 24.8 Å². The lowest BCUT2D eigenvalue weighted by Crippen LogP contribution is -2.56. The van der Waals surface area contributed by atoms with Gasteiger partial charge in [-0.05, 0) is 31.8 Å². The third-order valence-electron chi connectivity index (χ3n) is 4.71. The van der Waals surface area contributed by atoms with Crippen LogP contribution in [0.3, 0.4) is 0 Å². The number of piperidine rings is 1. The van der Waals surface area contributed by atoms with E-state index in [4.69, 9.17) is 0 Å². The molecule has 0 spiro atoms. The first-order chi connectivity index (χ1) is 9.49. The van der Waals surface area contributed by atoms with Gasteiger partial charge in [0.15, 0.2) is 0 Å². The van der Waals surface area contributed by atoms with Gasteiger partial charge in [0.25, 0.3) is 0 Å². The minimum Gasteiger partial charge on any atom is -0.353 e. The highest BCUT2D eigenvalue weighted by Gasteiger charge is 2.36. The van der Waals surface area contributed by atoms with Gasteiger partial charge in [-0.1, -0.05) is 13.8 Å². The summed E-state index contributed by atoms with van der Waals surface area (Å²) in [4.78, 5) is 17.1. The molecule has 2 rings (SSSR count). The minimum atomic E-state index is -0.0382. The predicted octanol–water partition coefficient (Wildman–Crippen LogP) is 0.972. The average molecular weight is 355 g/mol. The highest BCUT2D eigenvalue weighted by molar-refractivity contribution is 5.85. The van der Waals surface area contributed by atoms with E-state index in [2.05, 4.69) is 41.3 Å². The molecule has 22 heavy (non-hydrogen) atoms. The zero-order valence-corrected chi connectivity index (χ0v) is 15.7. The molecule has 2 heterocycles. The second-order valence-electron chi connectivity index (χ2n) is 6.92. The molecule has 0 bridgehead atoms. The first-order valence-electron chi connectivity index (χ1n) is 7.91. The molecule has 1 amide bonds. The van der Waals surface area contributed by atoms with E-state index < -0.39 is 0 Å². The highest BCUT2D eigenvalue weighted by atomic mass is 35.5. The lowest BCUT2D eigenvalue weighted by molar-refractivity contribution is -0.126. The molecule has 0 aromatic rings. The van der Waals surface area contributed by atoms with Crippen LogP contribution in [0.1, 0.15) is 26.7 Å². The molecule has 2 aliphatic rings. The zero-order valence-electron chi connectivity index (χ0n) is 14.1. The zero-order chi connectivity index (χ0) is 14.6. The van der Waals surface area contributed by atoms with Gasteiger partial charge in [0.1, 0.15) is 0 Å². The Morgan fingerprint density at radius 3 is 2.45 bits per heavy atom. The molecule has 5 nitrogen and oxygen atoms in total. The maximum atomic E-state index is 12.3. The maximum absolute atomic E-state index is 12.3. The first-order valence-corrected chi connectivity index (χ1v) is 7.91. The van der Waals surface area contributed by atoms with E-state index in [0.29, 0.717) is 0 Å². The van der Waals surface area contributed by atoms with E-state index in [1.54, 1.807) is 0 Å². The summed E-state index contributed by atoms with van der Waals surface area (Å²) in [6.45, 7) is 11.5. The third-order valence-corrected chi connectivity index (χ3v) is 4.71. The number of hydrogen-bond donors (Lipinski definition) is 2. The Hall–Kier alpha value is -0.0700. The molecule has 7 heteroatoms. The molecule has 0 aromatic carbocycles. The lowest BCUT2D eigenvalue weighted by Gasteiger charge is -2.38. The summed E-state index contributed by atoms with van der Waals surface area (Å²) in [6, 6.07) is -0.0382. The number of amides is 1. The topological polar surface area (TPSA) is 47.6 Å². The number of halogens is 2. The second-order valence-corrected chi connectivity index (χ2v) is 6.92. The van der Waals surface area contributed by atoms with Crippen LogP contribution in [0.25, 0.3) is 0 Å². The van der Waals surface area contributed by atoms with Crippen LogP contribution in [0.4, 0.5) is 0 Å². The number of rotatable bonds is 4. The maximum Gasteiger partial charge on any atom is 0.237 e. The molecule has 0 aliphatic carbocycles. The Labute approximate surface area is 147 Å². The van der Waals surface area contributed by atoms with Crippen LogP contribution in [-0.2, 0) is 4.79 Å². The lowest BCUT2D eigenvalue weighted by atomic mass is 9.77. The van der Waals surface area contributed by atoms with Gasteiger partial charge >= 0.3 is 0 Å². The SMILES string of the molecule is CN1CCN(CCNC(=O)C2NCCCC2(C)C)CC1.Cl.Cl. The largest absolute Gasteiger partial charge is 0.353 e. The molecule has 2 saturated heterocycles. The van der Waals surface area contributed by atoms with Crippen molar-refractivity contribution >= 4 is 30.7 Å². The van der Waals surface area contributed by atoms with Crippen LogP contribution in [-0.4, -0.2) is 74.6 Å². The van der Waals surface area contributed by atoms with E-state index >= 15 is 0 Å². The van der Waals surface area contributed by atoms with Crippen molar-refractivity contribution in [3.8, 4) is 0 Å². The Morgan fingerprint density at radius 1 is 1.23 bits per heavy atom. The van der Waals surface area contributed by atoms with E-state index in [0.717, 1.165) is 58.7 Å². The van der Waals surface area contributed by atoms with Gasteiger partial charge in [0.2, 0.25) is 5.91 Å². The Bertz CT molecular complexity index is 334. The number of hydrogen-bond acceptors (Lipinski definition) is 4. The summed E-state index contributed by atoms with van der Waals surface area (Å²) < 4.78 is 0. The van der Waals surface area contributed by atoms with Crippen molar-refractivity contribution in [3.63, 3.8) is 0 Å². The van der Waals surface area contributed by atoms with Gasteiger partial charge < -0.3 is 15.5 Å². The van der Waals surface area contributed by atoms with Crippen LogP contribution in [0.2, 0.25) is 0 Å². The van der Waals surface area contributed by atoms with Crippen molar-refractivity contribution < 1.29 is 4.79 Å². The van der Waals surface area contributed by atoms with E-state index in [-0.39, 0.29) is 42.2 Å². The summed E-state index contributed by atoms with van der Waals surface area (Å²) in [6.07, 6.45) is 2.29. The molecular formula is C15H32Cl2N4O. The standard InChI is InChI=1S/C15H30N4O.2ClH/c1-15(2)5-4-6-16-13(15)14(20)17-7-8-19-11-9-18(3)10-12-19;;/h13,16H,4-12H2,1-3H3,(H,17,20);2*1H. The normalized spacial score (nSPS) is 25.7. The van der Waals surface area contributed by atoms with Crippen LogP contribution < -0.4 is 10.6 Å². The van der Waals surface area contributed by atoms with E-state index in [9.17, 15) is 4.79 Å². The molecule has 1 unspecified atom stereocenters. The number of carbonyl (C=O) groups excluding carboxylic acids is 1. The van der Waals surface area contributed by atoms with Gasteiger partial charge in [-0.25, -0.2) is 0 Å². The van der Waals surface area contributed by atoms with Crippen molar-refractivity contribution in [2.75, 3.05) is 52.9 Å². The first kappa shape index (κ1) is 21.9. The van der Waals surface area contributed by atoms with Crippen molar-refractivity contribution in [1.82, 2.24) is 20.4 Å². The smallest absolute Gasteiger partial charge is 0.237 e. The van der Waals surface area contributed by atoms with E-state index in [1.165, 1.54) is 0 Å². The summed E-state index contributed by atoms with van der Waals surface area (Å²) in [5, 5.41) is 6.48. The van der Waals surface area contributed by atoms with Gasteiger partial charge in [-0.15, -0.1) is 24.8 Å². The quantitative estimate of drug-likeness (QED) is 0.789. The molecule has 0 aromatic heterocycles. The summed E-state index contributed by atoms with van der Waals surface area (Å²) in [5.74, 6) is 0.170. The fourth-order valence-corrected chi connectivity index (χ4v) is 3.17. The molecule has 2 aliphatic heterocycles. The number of likely N-dealkylation sites (N-methyl/N-ethyl adjacent to an activating group) is 1. The molecule has 1 atom stereocenters. The average Bonchev–Trinajstić information content (AvgIpc) is 2.40. The molecule has 132 valence electrons. The van der Waals surface area contributed by atoms with Gasteiger partial charge in [-0.3, -0.25) is 9.69 Å². The third kappa shape index (κ3) is 6.20. The fourth-order valence-electron chi connectivity index (χ4n) is 3.17. The van der Waals surface area contributed by atoms with Crippen molar-refractivity contribution in [2.45, 2.75) is 32.7 Å². The highest BCUT2D eigenvalue weighted by Crippen LogP contribution is 2.29. The van der Waals surface area contributed by atoms with Crippen molar-refractivity contribution in [3.05, 3.63) is 0 Å². The number of nitrogens with zero attached hydrogens (tertiary/aromatic N) is 2.